The zero-order chi connectivity index (χ0) is 18.0. The summed E-state index contributed by atoms with van der Waals surface area (Å²) in [5.74, 6) is 0.114. The van der Waals surface area contributed by atoms with Crippen LogP contribution in [0, 0.1) is 0 Å². The number of aromatic nitrogens is 3. The topological polar surface area (TPSA) is 68.1 Å². The number of hydrogen-bond donors (Lipinski definition) is 1. The average molecular weight is 506 g/mol. The van der Waals surface area contributed by atoms with Crippen molar-refractivity contribution < 1.29 is 9.84 Å². The first-order valence-corrected chi connectivity index (χ1v) is 9.23. The summed E-state index contributed by atoms with van der Waals surface area (Å²) in [7, 11) is 0. The number of halogens is 4. The second-order valence-corrected chi connectivity index (χ2v) is 7.41. The minimum absolute atomic E-state index is 0.114. The minimum atomic E-state index is 0.114. The highest BCUT2D eigenvalue weighted by atomic mass is 79.9. The molecule has 0 saturated carbocycles. The summed E-state index contributed by atoms with van der Waals surface area (Å²) in [5.41, 5.74) is 2.00. The maximum absolute atomic E-state index is 9.76. The lowest BCUT2D eigenvalue weighted by Gasteiger charge is -2.08. The van der Waals surface area contributed by atoms with Gasteiger partial charge in [0.25, 0.3) is 0 Å². The SMILES string of the molecule is Oc1c(Br)cc(-c2cnc(OCc3cccc(Cl)c3Cl)nn2)cc1Br. The number of hydrogen-bond acceptors (Lipinski definition) is 5. The number of phenolic OH excluding ortho intramolecular Hbond substituents is 1. The summed E-state index contributed by atoms with van der Waals surface area (Å²) in [4.78, 5) is 4.14. The Bertz CT molecular complexity index is 901. The fourth-order valence-corrected chi connectivity index (χ4v) is 3.54. The van der Waals surface area contributed by atoms with Gasteiger partial charge in [0.1, 0.15) is 18.1 Å². The van der Waals surface area contributed by atoms with Crippen molar-refractivity contribution in [1.29, 1.82) is 0 Å². The lowest BCUT2D eigenvalue weighted by molar-refractivity contribution is 0.277. The summed E-state index contributed by atoms with van der Waals surface area (Å²) in [6.07, 6.45) is 1.53. The molecule has 0 aliphatic rings. The highest BCUT2D eigenvalue weighted by molar-refractivity contribution is 9.11. The van der Waals surface area contributed by atoms with Crippen LogP contribution >= 0.6 is 55.1 Å². The Kier molecular flexibility index (Phi) is 5.78. The van der Waals surface area contributed by atoms with E-state index in [9.17, 15) is 5.11 Å². The molecular weight excluding hydrogens is 497 g/mol. The van der Waals surface area contributed by atoms with E-state index in [1.807, 2.05) is 6.07 Å². The summed E-state index contributed by atoms with van der Waals surface area (Å²) in [6, 6.07) is 8.86. The highest BCUT2D eigenvalue weighted by Gasteiger charge is 2.11. The van der Waals surface area contributed by atoms with E-state index in [-0.39, 0.29) is 18.4 Å². The first-order valence-electron chi connectivity index (χ1n) is 6.89. The van der Waals surface area contributed by atoms with E-state index in [4.69, 9.17) is 27.9 Å². The number of rotatable bonds is 4. The molecule has 25 heavy (non-hydrogen) atoms. The predicted octanol–water partition coefficient (Wildman–Crippen LogP) is 5.66. The molecule has 0 bridgehead atoms. The Hall–Kier alpha value is -1.41. The average Bonchev–Trinajstić information content (AvgIpc) is 2.61. The van der Waals surface area contributed by atoms with Crippen molar-refractivity contribution in [2.45, 2.75) is 6.61 Å². The van der Waals surface area contributed by atoms with Crippen LogP contribution in [0.5, 0.6) is 11.8 Å². The Morgan fingerprint density at radius 3 is 2.44 bits per heavy atom. The third kappa shape index (κ3) is 4.23. The molecule has 0 unspecified atom stereocenters. The van der Waals surface area contributed by atoms with Gasteiger partial charge in [-0.1, -0.05) is 40.4 Å². The molecule has 1 aromatic heterocycles. The van der Waals surface area contributed by atoms with Crippen molar-refractivity contribution in [3.63, 3.8) is 0 Å². The third-order valence-corrected chi connectivity index (χ3v) is 5.31. The van der Waals surface area contributed by atoms with E-state index in [0.717, 1.165) is 11.1 Å². The molecule has 5 nitrogen and oxygen atoms in total. The molecule has 0 spiro atoms. The van der Waals surface area contributed by atoms with Crippen LogP contribution < -0.4 is 4.74 Å². The number of aromatic hydroxyl groups is 1. The van der Waals surface area contributed by atoms with Crippen molar-refractivity contribution in [3.8, 4) is 23.0 Å². The number of nitrogens with zero attached hydrogens (tertiary/aromatic N) is 3. The summed E-state index contributed by atoms with van der Waals surface area (Å²) < 4.78 is 6.57. The predicted molar refractivity (Wildman–Crippen MR) is 103 cm³/mol. The Morgan fingerprint density at radius 1 is 1.08 bits per heavy atom. The first kappa shape index (κ1) is 18.4. The molecule has 2 aromatic carbocycles. The maximum Gasteiger partial charge on any atom is 0.336 e. The van der Waals surface area contributed by atoms with E-state index in [0.29, 0.717) is 24.7 Å². The van der Waals surface area contributed by atoms with Crippen molar-refractivity contribution >= 4 is 55.1 Å². The van der Waals surface area contributed by atoms with E-state index in [1.165, 1.54) is 6.20 Å². The van der Waals surface area contributed by atoms with Crippen LogP contribution in [0.1, 0.15) is 5.56 Å². The molecule has 0 aliphatic heterocycles. The number of benzene rings is 2. The zero-order valence-corrected chi connectivity index (χ0v) is 17.1. The normalized spacial score (nSPS) is 10.7. The van der Waals surface area contributed by atoms with Gasteiger partial charge in [-0.15, -0.1) is 5.10 Å². The van der Waals surface area contributed by atoms with E-state index >= 15 is 0 Å². The fraction of sp³-hybridized carbons (Fsp3) is 0.0625. The zero-order valence-electron chi connectivity index (χ0n) is 12.4. The molecule has 0 fully saturated rings. The maximum atomic E-state index is 9.76. The third-order valence-electron chi connectivity index (χ3n) is 3.24. The summed E-state index contributed by atoms with van der Waals surface area (Å²) in [6.45, 7) is 0.177. The smallest absolute Gasteiger partial charge is 0.336 e. The van der Waals surface area contributed by atoms with Crippen LogP contribution in [0.2, 0.25) is 10.0 Å². The van der Waals surface area contributed by atoms with Crippen molar-refractivity contribution in [3.05, 3.63) is 61.1 Å². The lowest BCUT2D eigenvalue weighted by atomic mass is 10.1. The van der Waals surface area contributed by atoms with Gasteiger partial charge in [0, 0.05) is 11.1 Å². The molecule has 0 aliphatic carbocycles. The molecule has 3 aromatic rings. The van der Waals surface area contributed by atoms with Gasteiger partial charge >= 0.3 is 6.01 Å². The monoisotopic (exact) mass is 503 g/mol. The Labute approximate surface area is 170 Å². The molecule has 9 heteroatoms. The van der Waals surface area contributed by atoms with Crippen LogP contribution in [-0.4, -0.2) is 20.3 Å². The standard InChI is InChI=1S/C16H9Br2Cl2N3O2/c17-10-4-9(5-11(18)15(10)24)13-6-21-16(23-22-13)25-7-8-2-1-3-12(19)14(8)20/h1-6,24H,7H2. The van der Waals surface area contributed by atoms with Gasteiger partial charge < -0.3 is 9.84 Å². The van der Waals surface area contributed by atoms with Gasteiger partial charge in [-0.25, -0.2) is 4.98 Å². The molecular formula is C16H9Br2Cl2N3O2. The number of phenols is 1. The van der Waals surface area contributed by atoms with Crippen LogP contribution in [-0.2, 0) is 6.61 Å². The van der Waals surface area contributed by atoms with Crippen molar-refractivity contribution in [1.82, 2.24) is 15.2 Å². The van der Waals surface area contributed by atoms with Crippen LogP contribution in [0.25, 0.3) is 11.3 Å². The number of ether oxygens (including phenoxy) is 1. The molecule has 3 rings (SSSR count). The van der Waals surface area contributed by atoms with Gasteiger partial charge in [0.2, 0.25) is 0 Å². The largest absolute Gasteiger partial charge is 0.506 e. The molecule has 0 atom stereocenters. The molecule has 1 heterocycles. The fourth-order valence-electron chi connectivity index (χ4n) is 1.98. The summed E-state index contributed by atoms with van der Waals surface area (Å²) >= 11 is 18.6. The van der Waals surface area contributed by atoms with E-state index < -0.39 is 0 Å². The molecule has 0 amide bonds. The van der Waals surface area contributed by atoms with E-state index in [2.05, 4.69) is 47.0 Å². The molecule has 1 N–H and O–H groups in total. The minimum Gasteiger partial charge on any atom is -0.506 e. The Balaban J connectivity index is 1.75. The quantitative estimate of drug-likeness (QED) is 0.496. The molecule has 0 radical (unpaired) electrons. The van der Waals surface area contributed by atoms with E-state index in [1.54, 1.807) is 24.3 Å². The Morgan fingerprint density at radius 2 is 1.80 bits per heavy atom. The molecule has 128 valence electrons. The van der Waals surface area contributed by atoms with Gasteiger partial charge in [-0.3, -0.25) is 0 Å². The molecule has 0 saturated heterocycles. The van der Waals surface area contributed by atoms with Gasteiger partial charge in [-0.05, 0) is 50.1 Å². The lowest BCUT2D eigenvalue weighted by Crippen LogP contribution is -2.02. The van der Waals surface area contributed by atoms with Gasteiger partial charge in [0.05, 0.1) is 25.2 Å². The second-order valence-electron chi connectivity index (χ2n) is 4.92. The highest BCUT2D eigenvalue weighted by Crippen LogP contribution is 2.36. The van der Waals surface area contributed by atoms with Crippen molar-refractivity contribution in [2.75, 3.05) is 0 Å². The van der Waals surface area contributed by atoms with Crippen LogP contribution in [0.15, 0.2) is 45.5 Å². The second kappa shape index (κ2) is 7.86. The van der Waals surface area contributed by atoms with Crippen molar-refractivity contribution in [2.24, 2.45) is 0 Å². The van der Waals surface area contributed by atoms with Gasteiger partial charge in [0.15, 0.2) is 0 Å². The summed E-state index contributed by atoms with van der Waals surface area (Å²) in [5, 5.41) is 18.7. The first-order chi connectivity index (χ1) is 12.0. The van der Waals surface area contributed by atoms with Crippen LogP contribution in [0.3, 0.4) is 0 Å². The van der Waals surface area contributed by atoms with Crippen LogP contribution in [0.4, 0.5) is 0 Å². The van der Waals surface area contributed by atoms with Gasteiger partial charge in [-0.2, -0.15) is 0 Å².